The predicted molar refractivity (Wildman–Crippen MR) is 145 cm³/mol. The van der Waals surface area contributed by atoms with Crippen LogP contribution in [0.4, 0.5) is 0 Å². The van der Waals surface area contributed by atoms with Gasteiger partial charge in [-0.25, -0.2) is 4.58 Å². The van der Waals surface area contributed by atoms with E-state index in [0.29, 0.717) is 0 Å². The van der Waals surface area contributed by atoms with Crippen molar-refractivity contribution in [3.8, 4) is 5.75 Å². The van der Waals surface area contributed by atoms with Gasteiger partial charge in [-0.1, -0.05) is 75.4 Å². The highest BCUT2D eigenvalue weighted by molar-refractivity contribution is 6.13. The maximum Gasteiger partial charge on any atom is 0.293 e. The lowest BCUT2D eigenvalue weighted by atomic mass is 9.76. The molecular weight excluding hydrogens is 460 g/mol. The Morgan fingerprint density at radius 3 is 2.43 bits per heavy atom. The third kappa shape index (κ3) is 2.61. The predicted octanol–water partition coefficient (Wildman–Crippen LogP) is 5.45. The molecule has 8 rings (SSSR count). The number of benzene rings is 4. The molecule has 0 saturated heterocycles. The Morgan fingerprint density at radius 1 is 0.946 bits per heavy atom. The number of aliphatic imine (C=N–C) groups is 1. The number of methoxy groups -OCH3 is 1. The molecule has 37 heavy (non-hydrogen) atoms. The number of ether oxygens (including phenoxy) is 2. The smallest absolute Gasteiger partial charge is 0.293 e. The summed E-state index contributed by atoms with van der Waals surface area (Å²) >= 11 is 0. The summed E-state index contributed by atoms with van der Waals surface area (Å²) in [6.45, 7) is 6.80. The molecule has 4 aromatic carbocycles. The monoisotopic (exact) mass is 489 g/mol. The Morgan fingerprint density at radius 2 is 1.68 bits per heavy atom. The molecule has 5 unspecified atom stereocenters. The molecule has 0 radical (unpaired) electrons. The zero-order valence-electron chi connectivity index (χ0n) is 21.4. The molecule has 0 spiro atoms. The molecule has 5 nitrogen and oxygen atoms in total. The highest BCUT2D eigenvalue weighted by Crippen LogP contribution is 2.61. The van der Waals surface area contributed by atoms with E-state index in [4.69, 9.17) is 14.5 Å². The zero-order chi connectivity index (χ0) is 25.3. The molecule has 5 atom stereocenters. The summed E-state index contributed by atoms with van der Waals surface area (Å²) in [6.07, 6.45) is 1.53. The van der Waals surface area contributed by atoms with Crippen molar-refractivity contribution in [1.82, 2.24) is 0 Å². The van der Waals surface area contributed by atoms with Crippen LogP contribution >= 0.6 is 0 Å². The molecule has 0 amide bonds. The number of rotatable bonds is 1. The highest BCUT2D eigenvalue weighted by Gasteiger charge is 2.75. The van der Waals surface area contributed by atoms with Crippen molar-refractivity contribution in [2.75, 3.05) is 7.11 Å². The summed E-state index contributed by atoms with van der Waals surface area (Å²) in [4.78, 5) is 4.87. The molecule has 3 aliphatic heterocycles. The van der Waals surface area contributed by atoms with Gasteiger partial charge in [0.05, 0.1) is 5.92 Å². The van der Waals surface area contributed by atoms with Crippen molar-refractivity contribution < 1.29 is 19.2 Å². The average molecular weight is 490 g/mol. The van der Waals surface area contributed by atoms with E-state index in [-0.39, 0.29) is 29.5 Å². The maximum absolute atomic E-state index is 11.7. The van der Waals surface area contributed by atoms with Gasteiger partial charge in [0.25, 0.3) is 12.6 Å². The van der Waals surface area contributed by atoms with Gasteiger partial charge in [-0.3, -0.25) is 0 Å². The first-order chi connectivity index (χ1) is 17.8. The van der Waals surface area contributed by atoms with Gasteiger partial charge in [0.2, 0.25) is 5.79 Å². The second kappa shape index (κ2) is 6.85. The molecule has 4 aliphatic rings. The minimum atomic E-state index is -1.28. The summed E-state index contributed by atoms with van der Waals surface area (Å²) in [7, 11) is 1.61. The largest absolute Gasteiger partial charge is 0.447 e. The van der Waals surface area contributed by atoms with E-state index < -0.39 is 5.79 Å². The van der Waals surface area contributed by atoms with E-state index in [2.05, 4.69) is 92.1 Å². The number of aliphatic hydroxyl groups is 1. The molecule has 3 heterocycles. The first kappa shape index (κ1) is 21.5. The normalized spacial score (nSPS) is 28.9. The van der Waals surface area contributed by atoms with Crippen molar-refractivity contribution in [1.29, 1.82) is 0 Å². The second-order valence-corrected chi connectivity index (χ2v) is 11.8. The standard InChI is InChI=1S/C32H29N2O3/c1-31(2,3)22-15-21-24(20-12-8-7-11-19(20)22)27-29(32(27,35)36-4)34-16-33-30-26(28(21)34)25-18-10-6-5-9-17(18)13-14-23(25)37-30/h5-16,26-27,29-30,35H,1-4H3/q+1. The van der Waals surface area contributed by atoms with E-state index in [0.717, 1.165) is 11.5 Å². The van der Waals surface area contributed by atoms with Crippen molar-refractivity contribution in [3.63, 3.8) is 0 Å². The Balaban J connectivity index is 1.49. The summed E-state index contributed by atoms with van der Waals surface area (Å²) in [5, 5.41) is 16.5. The summed E-state index contributed by atoms with van der Waals surface area (Å²) in [5.41, 5.74) is 5.91. The topological polar surface area (TPSA) is 54.1 Å². The fourth-order valence-electron chi connectivity index (χ4n) is 7.19. The van der Waals surface area contributed by atoms with Gasteiger partial charge in [-0.15, -0.1) is 0 Å². The van der Waals surface area contributed by atoms with Crippen LogP contribution in [0.3, 0.4) is 0 Å². The van der Waals surface area contributed by atoms with Crippen LogP contribution in [0.5, 0.6) is 5.75 Å². The quantitative estimate of drug-likeness (QED) is 0.286. The van der Waals surface area contributed by atoms with Gasteiger partial charge in [-0.2, -0.15) is 0 Å². The van der Waals surface area contributed by atoms with E-state index in [1.807, 2.05) is 6.34 Å². The molecule has 1 saturated carbocycles. The van der Waals surface area contributed by atoms with E-state index in [1.54, 1.807) is 7.11 Å². The fourth-order valence-corrected chi connectivity index (χ4v) is 7.19. The van der Waals surface area contributed by atoms with Crippen LogP contribution < -0.4 is 4.74 Å². The summed E-state index contributed by atoms with van der Waals surface area (Å²) in [5.74, 6) is -0.630. The lowest BCUT2D eigenvalue weighted by Gasteiger charge is -2.29. The van der Waals surface area contributed by atoms with Crippen LogP contribution in [0.15, 0.2) is 71.7 Å². The molecule has 5 heteroatoms. The summed E-state index contributed by atoms with van der Waals surface area (Å²) < 4.78 is 14.4. The minimum absolute atomic E-state index is 0.0586. The van der Waals surface area contributed by atoms with Crippen LogP contribution in [-0.2, 0) is 10.2 Å². The number of fused-ring (bicyclic) bond motifs is 13. The van der Waals surface area contributed by atoms with Crippen LogP contribution in [0, 0.1) is 0 Å². The molecule has 4 aromatic rings. The third-order valence-electron chi connectivity index (χ3n) is 8.87. The Hall–Kier alpha value is -3.54. The molecule has 0 bridgehead atoms. The average Bonchev–Trinajstić information content (AvgIpc) is 3.33. The van der Waals surface area contributed by atoms with E-state index in [1.165, 1.54) is 43.8 Å². The van der Waals surface area contributed by atoms with Crippen molar-refractivity contribution in [2.45, 2.75) is 56.1 Å². The number of hydrogen-bond acceptors (Lipinski definition) is 4. The van der Waals surface area contributed by atoms with Crippen molar-refractivity contribution >= 4 is 33.6 Å². The van der Waals surface area contributed by atoms with E-state index >= 15 is 0 Å². The lowest BCUT2D eigenvalue weighted by molar-refractivity contribution is -0.444. The molecule has 0 aromatic heterocycles. The fraction of sp³-hybridized carbons (Fsp3) is 0.312. The first-order valence-electron chi connectivity index (χ1n) is 13.0. The third-order valence-corrected chi connectivity index (χ3v) is 8.87. The van der Waals surface area contributed by atoms with Crippen LogP contribution in [0.25, 0.3) is 21.5 Å². The van der Waals surface area contributed by atoms with E-state index in [9.17, 15) is 5.11 Å². The van der Waals surface area contributed by atoms with Gasteiger partial charge < -0.3 is 14.6 Å². The minimum Gasteiger partial charge on any atom is -0.447 e. The van der Waals surface area contributed by atoms with Gasteiger partial charge in [-0.05, 0) is 55.2 Å². The van der Waals surface area contributed by atoms with Gasteiger partial charge >= 0.3 is 0 Å². The van der Waals surface area contributed by atoms with Crippen molar-refractivity contribution in [3.05, 3.63) is 89.0 Å². The van der Waals surface area contributed by atoms with Gasteiger partial charge in [0.1, 0.15) is 17.4 Å². The number of nitrogens with zero attached hydrogens (tertiary/aromatic N) is 2. The van der Waals surface area contributed by atoms with Crippen LogP contribution in [0.1, 0.15) is 54.9 Å². The Kier molecular flexibility index (Phi) is 3.99. The lowest BCUT2D eigenvalue weighted by Crippen LogP contribution is -2.42. The zero-order valence-corrected chi connectivity index (χ0v) is 21.4. The van der Waals surface area contributed by atoms with Crippen LogP contribution in [-0.4, -0.2) is 46.9 Å². The molecule has 1 N–H and O–H groups in total. The SMILES string of the molecule is COC1(O)C2c3c(cc(C(C)(C)C)c4ccccc34)C3=[N+](C=NC4Oc5ccc6ccccc6c5C34)C21. The molecule has 1 aliphatic carbocycles. The van der Waals surface area contributed by atoms with Gasteiger partial charge in [0.15, 0.2) is 6.04 Å². The molecular formula is C32H29N2O3+. The Bertz CT molecular complexity index is 1730. The first-order valence-corrected chi connectivity index (χ1v) is 13.0. The molecule has 184 valence electrons. The molecule has 1 fully saturated rings. The van der Waals surface area contributed by atoms with Crippen molar-refractivity contribution in [2.24, 2.45) is 4.99 Å². The second-order valence-electron chi connectivity index (χ2n) is 11.8. The summed E-state index contributed by atoms with van der Waals surface area (Å²) in [6, 6.07) is 23.4. The van der Waals surface area contributed by atoms with Crippen LogP contribution in [0.2, 0.25) is 0 Å². The Labute approximate surface area is 215 Å². The highest BCUT2D eigenvalue weighted by atomic mass is 16.6. The number of hydrogen-bond donors (Lipinski definition) is 1. The van der Waals surface area contributed by atoms with Gasteiger partial charge in [0, 0.05) is 18.2 Å². The maximum atomic E-state index is 11.7.